The fourth-order valence-electron chi connectivity index (χ4n) is 3.48. The number of ether oxygens (including phenoxy) is 1. The van der Waals surface area contributed by atoms with Gasteiger partial charge in [-0.1, -0.05) is 32.9 Å². The number of hydrogen-bond donors (Lipinski definition) is 0. The molecule has 0 spiro atoms. The number of Topliss-reactive ketones (excluding diaryl/α,β-unsaturated/α-hetero) is 1. The summed E-state index contributed by atoms with van der Waals surface area (Å²) in [4.78, 5) is 24.8. The van der Waals surface area contributed by atoms with E-state index in [1.54, 1.807) is 30.3 Å². The molecule has 1 aliphatic heterocycles. The Kier molecular flexibility index (Phi) is 6.04. The van der Waals surface area contributed by atoms with Gasteiger partial charge in [0, 0.05) is 12.1 Å². The van der Waals surface area contributed by atoms with Crippen LogP contribution in [-0.4, -0.2) is 39.6 Å². The number of esters is 1. The van der Waals surface area contributed by atoms with Crippen molar-refractivity contribution in [1.29, 1.82) is 0 Å². The molecule has 0 amide bonds. The van der Waals surface area contributed by atoms with Crippen molar-refractivity contribution in [2.24, 2.45) is 0 Å². The predicted molar refractivity (Wildman–Crippen MR) is 117 cm³/mol. The van der Waals surface area contributed by atoms with E-state index in [-0.39, 0.29) is 17.8 Å². The van der Waals surface area contributed by atoms with Crippen molar-refractivity contribution < 1.29 is 22.7 Å². The normalized spacial score (nSPS) is 14.2. The van der Waals surface area contributed by atoms with Crippen LogP contribution in [0.3, 0.4) is 0 Å². The summed E-state index contributed by atoms with van der Waals surface area (Å²) in [5.74, 6) is -0.876. The number of carbonyl (C=O) groups is 2. The maximum Gasteiger partial charge on any atom is 0.338 e. The van der Waals surface area contributed by atoms with E-state index in [9.17, 15) is 18.0 Å². The Hall–Kier alpha value is -2.67. The monoisotopic (exact) mass is 429 g/mol. The van der Waals surface area contributed by atoms with Gasteiger partial charge in [-0.3, -0.25) is 9.10 Å². The van der Waals surface area contributed by atoms with Crippen LogP contribution in [0.1, 0.15) is 59.0 Å². The Morgan fingerprint density at radius 2 is 1.67 bits per heavy atom. The van der Waals surface area contributed by atoms with E-state index < -0.39 is 16.0 Å². The highest BCUT2D eigenvalue weighted by molar-refractivity contribution is 7.92. The first-order valence-electron chi connectivity index (χ1n) is 9.88. The Morgan fingerprint density at radius 1 is 1.03 bits per heavy atom. The van der Waals surface area contributed by atoms with Gasteiger partial charge in [0.05, 0.1) is 17.5 Å². The lowest BCUT2D eigenvalue weighted by Gasteiger charge is -2.29. The predicted octanol–water partition coefficient (Wildman–Crippen LogP) is 3.74. The van der Waals surface area contributed by atoms with E-state index >= 15 is 0 Å². The molecule has 0 aromatic heterocycles. The number of rotatable bonds is 5. The first-order chi connectivity index (χ1) is 14.0. The minimum Gasteiger partial charge on any atom is -0.454 e. The largest absolute Gasteiger partial charge is 0.454 e. The zero-order chi connectivity index (χ0) is 22.1. The topological polar surface area (TPSA) is 80.8 Å². The zero-order valence-corrected chi connectivity index (χ0v) is 18.6. The summed E-state index contributed by atoms with van der Waals surface area (Å²) in [6, 6.07) is 12.1. The Labute approximate surface area is 177 Å². The molecule has 3 rings (SSSR count). The van der Waals surface area contributed by atoms with Gasteiger partial charge in [-0.25, -0.2) is 13.2 Å². The number of aryl methyl sites for hydroxylation is 1. The van der Waals surface area contributed by atoms with E-state index in [1.165, 1.54) is 10.6 Å². The molecule has 0 radical (unpaired) electrons. The summed E-state index contributed by atoms with van der Waals surface area (Å²) in [6.45, 7) is 6.34. The molecule has 0 unspecified atom stereocenters. The SMILES string of the molecule is CC(C)(C)c1ccc(C(=O)OCC(=O)c2ccc3c(c2)CCCN3S(C)(=O)=O)cc1. The van der Waals surface area contributed by atoms with Crippen molar-refractivity contribution >= 4 is 27.5 Å². The second kappa shape index (κ2) is 8.22. The fraction of sp³-hybridized carbons (Fsp3) is 0.391. The molecule has 6 nitrogen and oxygen atoms in total. The number of hydrogen-bond acceptors (Lipinski definition) is 5. The smallest absolute Gasteiger partial charge is 0.338 e. The molecule has 0 bridgehead atoms. The maximum atomic E-state index is 12.5. The molecule has 7 heteroatoms. The van der Waals surface area contributed by atoms with Gasteiger partial charge in [0.15, 0.2) is 12.4 Å². The van der Waals surface area contributed by atoms with E-state index in [4.69, 9.17) is 4.74 Å². The van der Waals surface area contributed by atoms with Gasteiger partial charge in [-0.15, -0.1) is 0 Å². The summed E-state index contributed by atoms with van der Waals surface area (Å²) in [6.07, 6.45) is 2.56. The van der Waals surface area contributed by atoms with Gasteiger partial charge in [-0.05, 0) is 59.7 Å². The summed E-state index contributed by atoms with van der Waals surface area (Å²) < 4.78 is 30.5. The first-order valence-corrected chi connectivity index (χ1v) is 11.7. The van der Waals surface area contributed by atoms with Crippen molar-refractivity contribution in [2.75, 3.05) is 23.7 Å². The average molecular weight is 430 g/mol. The number of anilines is 1. The number of sulfonamides is 1. The van der Waals surface area contributed by atoms with Crippen LogP contribution in [0, 0.1) is 0 Å². The highest BCUT2D eigenvalue weighted by Gasteiger charge is 2.25. The lowest BCUT2D eigenvalue weighted by Crippen LogP contribution is -2.34. The van der Waals surface area contributed by atoms with Gasteiger partial charge < -0.3 is 4.74 Å². The third-order valence-corrected chi connectivity index (χ3v) is 6.38. The van der Waals surface area contributed by atoms with Gasteiger partial charge in [-0.2, -0.15) is 0 Å². The molecule has 30 heavy (non-hydrogen) atoms. The minimum atomic E-state index is -3.36. The summed E-state index contributed by atoms with van der Waals surface area (Å²) in [5, 5.41) is 0. The van der Waals surface area contributed by atoms with Crippen molar-refractivity contribution in [3.05, 3.63) is 64.7 Å². The van der Waals surface area contributed by atoms with E-state index in [0.717, 1.165) is 11.1 Å². The van der Waals surface area contributed by atoms with Gasteiger partial charge in [0.2, 0.25) is 10.0 Å². The zero-order valence-electron chi connectivity index (χ0n) is 17.8. The number of fused-ring (bicyclic) bond motifs is 1. The Balaban J connectivity index is 1.67. The summed E-state index contributed by atoms with van der Waals surface area (Å²) in [7, 11) is -3.36. The maximum absolute atomic E-state index is 12.5. The summed E-state index contributed by atoms with van der Waals surface area (Å²) >= 11 is 0. The first kappa shape index (κ1) is 22.0. The third-order valence-electron chi connectivity index (χ3n) is 5.20. The lowest BCUT2D eigenvalue weighted by atomic mass is 9.87. The molecule has 2 aromatic carbocycles. The molecule has 0 fully saturated rings. The van der Waals surface area contributed by atoms with Crippen LogP contribution in [0.15, 0.2) is 42.5 Å². The highest BCUT2D eigenvalue weighted by atomic mass is 32.2. The van der Waals surface area contributed by atoms with Crippen LogP contribution in [-0.2, 0) is 26.6 Å². The Morgan fingerprint density at radius 3 is 2.27 bits per heavy atom. The molecule has 2 aromatic rings. The van der Waals surface area contributed by atoms with Crippen LogP contribution in [0.25, 0.3) is 0 Å². The highest BCUT2D eigenvalue weighted by Crippen LogP contribution is 2.30. The molecule has 1 heterocycles. The second-order valence-electron chi connectivity index (χ2n) is 8.61. The van der Waals surface area contributed by atoms with Crippen LogP contribution < -0.4 is 4.31 Å². The van der Waals surface area contributed by atoms with Crippen molar-refractivity contribution in [1.82, 2.24) is 0 Å². The van der Waals surface area contributed by atoms with Crippen molar-refractivity contribution in [2.45, 2.75) is 39.0 Å². The number of carbonyl (C=O) groups excluding carboxylic acids is 2. The molecule has 0 N–H and O–H groups in total. The van der Waals surface area contributed by atoms with Crippen molar-refractivity contribution in [3.63, 3.8) is 0 Å². The number of ketones is 1. The van der Waals surface area contributed by atoms with Crippen LogP contribution >= 0.6 is 0 Å². The van der Waals surface area contributed by atoms with Crippen LogP contribution in [0.2, 0.25) is 0 Å². The number of nitrogens with zero attached hydrogens (tertiary/aromatic N) is 1. The molecule has 1 aliphatic rings. The van der Waals surface area contributed by atoms with Crippen LogP contribution in [0.4, 0.5) is 5.69 Å². The van der Waals surface area contributed by atoms with Gasteiger partial charge in [0.25, 0.3) is 0 Å². The minimum absolute atomic E-state index is 0.0163. The number of benzene rings is 2. The van der Waals surface area contributed by atoms with E-state index in [0.29, 0.717) is 36.2 Å². The van der Waals surface area contributed by atoms with Crippen LogP contribution in [0.5, 0.6) is 0 Å². The van der Waals surface area contributed by atoms with E-state index in [2.05, 4.69) is 20.8 Å². The molecular weight excluding hydrogens is 402 g/mol. The molecule has 0 saturated carbocycles. The molecule has 160 valence electrons. The third kappa shape index (κ3) is 4.90. The standard InChI is InChI=1S/C23H27NO5S/c1-23(2,3)19-10-7-16(8-11-19)22(26)29-15-21(25)18-9-12-20-17(14-18)6-5-13-24(20)30(4,27)28/h7-12,14H,5-6,13,15H2,1-4H3. The van der Waals surface area contributed by atoms with E-state index in [1.807, 2.05) is 12.1 Å². The molecule has 0 atom stereocenters. The fourth-order valence-corrected chi connectivity index (χ4v) is 4.48. The molecule has 0 saturated heterocycles. The lowest BCUT2D eigenvalue weighted by molar-refractivity contribution is 0.0474. The Bertz CT molecular complexity index is 1070. The summed E-state index contributed by atoms with van der Waals surface area (Å²) in [5.41, 5.74) is 3.30. The van der Waals surface area contributed by atoms with Gasteiger partial charge in [0.1, 0.15) is 0 Å². The van der Waals surface area contributed by atoms with Gasteiger partial charge >= 0.3 is 5.97 Å². The molecule has 0 aliphatic carbocycles. The van der Waals surface area contributed by atoms with Crippen molar-refractivity contribution in [3.8, 4) is 0 Å². The second-order valence-corrected chi connectivity index (χ2v) is 10.5. The molecular formula is C23H27NO5S. The quantitative estimate of drug-likeness (QED) is 0.534. The average Bonchev–Trinajstić information content (AvgIpc) is 2.69.